The molecule has 0 saturated carbocycles. The predicted octanol–water partition coefficient (Wildman–Crippen LogP) is 2.61. The molecule has 1 aromatic rings. The summed E-state index contributed by atoms with van der Waals surface area (Å²) in [6, 6.07) is 8.71. The molecule has 0 aliphatic heterocycles. The van der Waals surface area contributed by atoms with Crippen molar-refractivity contribution < 1.29 is 4.79 Å². The number of hydrogen-bond donors (Lipinski definition) is 2. The lowest BCUT2D eigenvalue weighted by molar-refractivity contribution is -0.123. The van der Waals surface area contributed by atoms with Crippen LogP contribution >= 0.6 is 0 Å². The summed E-state index contributed by atoms with van der Waals surface area (Å²) in [6.07, 6.45) is 3.26. The molecular formula is C17H26N2O. The number of carbonyl (C=O) groups excluding carboxylic acids is 1. The van der Waals surface area contributed by atoms with E-state index >= 15 is 0 Å². The van der Waals surface area contributed by atoms with Crippen LogP contribution in [0.3, 0.4) is 0 Å². The van der Waals surface area contributed by atoms with Gasteiger partial charge < -0.3 is 10.6 Å². The monoisotopic (exact) mass is 274 g/mol. The topological polar surface area (TPSA) is 41.1 Å². The molecule has 1 aliphatic carbocycles. The normalized spacial score (nSPS) is 19.6. The van der Waals surface area contributed by atoms with E-state index in [1.54, 1.807) is 0 Å². The van der Waals surface area contributed by atoms with Gasteiger partial charge in [-0.1, -0.05) is 37.6 Å². The first-order valence-electron chi connectivity index (χ1n) is 7.73. The predicted molar refractivity (Wildman–Crippen MR) is 82.9 cm³/mol. The third kappa shape index (κ3) is 3.60. The highest BCUT2D eigenvalue weighted by atomic mass is 16.2. The first-order chi connectivity index (χ1) is 9.61. The second kappa shape index (κ2) is 6.89. The number of nitrogens with one attached hydrogen (secondary N) is 2. The maximum Gasteiger partial charge on any atom is 0.237 e. The summed E-state index contributed by atoms with van der Waals surface area (Å²) in [5.41, 5.74) is 2.89. The Morgan fingerprint density at radius 3 is 2.80 bits per heavy atom. The lowest BCUT2D eigenvalue weighted by atomic mass is 9.77. The minimum atomic E-state index is -0.123. The summed E-state index contributed by atoms with van der Waals surface area (Å²) in [7, 11) is 0. The van der Waals surface area contributed by atoms with Crippen LogP contribution in [-0.4, -0.2) is 24.5 Å². The molecule has 2 N–H and O–H groups in total. The molecule has 1 aromatic carbocycles. The van der Waals surface area contributed by atoms with Crippen molar-refractivity contribution in [3.05, 3.63) is 35.4 Å². The lowest BCUT2D eigenvalue weighted by Crippen LogP contribution is -2.47. The largest absolute Gasteiger partial charge is 0.352 e. The highest BCUT2D eigenvalue weighted by Crippen LogP contribution is 2.33. The molecule has 1 amide bonds. The van der Waals surface area contributed by atoms with Gasteiger partial charge in [0.25, 0.3) is 0 Å². The summed E-state index contributed by atoms with van der Waals surface area (Å²) in [4.78, 5) is 12.0. The van der Waals surface area contributed by atoms with Crippen LogP contribution < -0.4 is 10.6 Å². The molecule has 0 fully saturated rings. The number of carbonyl (C=O) groups is 1. The molecule has 0 saturated heterocycles. The number of amides is 1. The average Bonchev–Trinajstić information content (AvgIpc) is 2.39. The van der Waals surface area contributed by atoms with Crippen LogP contribution in [0.4, 0.5) is 0 Å². The zero-order valence-corrected chi connectivity index (χ0v) is 12.8. The summed E-state index contributed by atoms with van der Waals surface area (Å²) in [6.45, 7) is 7.03. The van der Waals surface area contributed by atoms with E-state index in [1.165, 1.54) is 11.1 Å². The Bertz CT molecular complexity index is 458. The minimum Gasteiger partial charge on any atom is -0.352 e. The second-order valence-electron chi connectivity index (χ2n) is 5.93. The molecule has 2 rings (SSSR count). The molecule has 110 valence electrons. The number of fused-ring (bicyclic) bond motifs is 1. The molecular weight excluding hydrogens is 248 g/mol. The average molecular weight is 274 g/mol. The van der Waals surface area contributed by atoms with Gasteiger partial charge in [-0.3, -0.25) is 4.79 Å². The summed E-state index contributed by atoms with van der Waals surface area (Å²) in [5.74, 6) is 0.674. The van der Waals surface area contributed by atoms with E-state index in [4.69, 9.17) is 0 Å². The molecule has 0 bridgehead atoms. The van der Waals surface area contributed by atoms with Gasteiger partial charge in [-0.15, -0.1) is 0 Å². The molecule has 3 atom stereocenters. The Labute approximate surface area is 122 Å². The second-order valence-corrected chi connectivity index (χ2v) is 5.93. The Balaban J connectivity index is 1.73. The van der Waals surface area contributed by atoms with Crippen molar-refractivity contribution in [1.82, 2.24) is 10.6 Å². The fourth-order valence-electron chi connectivity index (χ4n) is 2.83. The Hall–Kier alpha value is -1.35. The number of hydrogen-bond acceptors (Lipinski definition) is 2. The first kappa shape index (κ1) is 15.0. The molecule has 0 aromatic heterocycles. The molecule has 0 radical (unpaired) electrons. The molecule has 3 nitrogen and oxygen atoms in total. The van der Waals surface area contributed by atoms with Crippen LogP contribution in [0.5, 0.6) is 0 Å². The number of benzene rings is 1. The lowest BCUT2D eigenvalue weighted by Gasteiger charge is -2.31. The molecule has 0 spiro atoms. The SMILES string of the molecule is CCCC(C)NC(=O)C(C)NCC1Cc2ccccc21. The third-order valence-corrected chi connectivity index (χ3v) is 4.14. The molecule has 3 heteroatoms. The highest BCUT2D eigenvalue weighted by Gasteiger charge is 2.26. The Morgan fingerprint density at radius 2 is 2.10 bits per heavy atom. The molecule has 0 heterocycles. The van der Waals surface area contributed by atoms with Crippen LogP contribution in [-0.2, 0) is 11.2 Å². The summed E-state index contributed by atoms with van der Waals surface area (Å²) < 4.78 is 0. The van der Waals surface area contributed by atoms with Gasteiger partial charge in [-0.25, -0.2) is 0 Å². The standard InChI is InChI=1S/C17H26N2O/c1-4-7-12(2)19-17(20)13(3)18-11-15-10-14-8-5-6-9-16(14)15/h5-6,8-9,12-13,15,18H,4,7,10-11H2,1-3H3,(H,19,20). The fourth-order valence-corrected chi connectivity index (χ4v) is 2.83. The third-order valence-electron chi connectivity index (χ3n) is 4.14. The van der Waals surface area contributed by atoms with Gasteiger partial charge in [0.15, 0.2) is 0 Å². The van der Waals surface area contributed by atoms with E-state index in [0.717, 1.165) is 25.8 Å². The van der Waals surface area contributed by atoms with Crippen molar-refractivity contribution in [2.45, 2.75) is 58.0 Å². The zero-order chi connectivity index (χ0) is 14.5. The molecule has 1 aliphatic rings. The van der Waals surface area contributed by atoms with Gasteiger partial charge in [0.05, 0.1) is 6.04 Å². The van der Waals surface area contributed by atoms with Crippen LogP contribution in [0.15, 0.2) is 24.3 Å². The minimum absolute atomic E-state index is 0.110. The van der Waals surface area contributed by atoms with E-state index < -0.39 is 0 Å². The van der Waals surface area contributed by atoms with Crippen molar-refractivity contribution in [2.75, 3.05) is 6.54 Å². The highest BCUT2D eigenvalue weighted by molar-refractivity contribution is 5.81. The van der Waals surface area contributed by atoms with E-state index in [2.05, 4.69) is 48.7 Å². The summed E-state index contributed by atoms with van der Waals surface area (Å²) in [5, 5.41) is 6.42. The van der Waals surface area contributed by atoms with E-state index in [1.807, 2.05) is 6.92 Å². The van der Waals surface area contributed by atoms with Gasteiger partial charge in [-0.2, -0.15) is 0 Å². The smallest absolute Gasteiger partial charge is 0.237 e. The first-order valence-corrected chi connectivity index (χ1v) is 7.73. The van der Waals surface area contributed by atoms with Crippen molar-refractivity contribution >= 4 is 5.91 Å². The van der Waals surface area contributed by atoms with Crippen molar-refractivity contribution in [3.63, 3.8) is 0 Å². The van der Waals surface area contributed by atoms with Gasteiger partial charge >= 0.3 is 0 Å². The van der Waals surface area contributed by atoms with E-state index in [9.17, 15) is 4.79 Å². The molecule has 20 heavy (non-hydrogen) atoms. The van der Waals surface area contributed by atoms with Crippen LogP contribution in [0.1, 0.15) is 50.7 Å². The quantitative estimate of drug-likeness (QED) is 0.802. The maximum absolute atomic E-state index is 12.0. The van der Waals surface area contributed by atoms with Gasteiger partial charge in [0.2, 0.25) is 5.91 Å². The van der Waals surface area contributed by atoms with Gasteiger partial charge in [0, 0.05) is 18.5 Å². The van der Waals surface area contributed by atoms with Crippen LogP contribution in [0.25, 0.3) is 0 Å². The number of rotatable bonds is 7. The van der Waals surface area contributed by atoms with E-state index in [0.29, 0.717) is 5.92 Å². The Morgan fingerprint density at radius 1 is 1.35 bits per heavy atom. The van der Waals surface area contributed by atoms with E-state index in [-0.39, 0.29) is 18.0 Å². The summed E-state index contributed by atoms with van der Waals surface area (Å²) >= 11 is 0. The van der Waals surface area contributed by atoms with Crippen LogP contribution in [0, 0.1) is 0 Å². The fraction of sp³-hybridized carbons (Fsp3) is 0.588. The van der Waals surface area contributed by atoms with Crippen molar-refractivity contribution in [3.8, 4) is 0 Å². The maximum atomic E-state index is 12.0. The zero-order valence-electron chi connectivity index (χ0n) is 12.8. The van der Waals surface area contributed by atoms with Gasteiger partial charge in [-0.05, 0) is 37.8 Å². The van der Waals surface area contributed by atoms with Crippen LogP contribution in [0.2, 0.25) is 0 Å². The van der Waals surface area contributed by atoms with Crippen molar-refractivity contribution in [1.29, 1.82) is 0 Å². The van der Waals surface area contributed by atoms with Crippen molar-refractivity contribution in [2.24, 2.45) is 0 Å². The van der Waals surface area contributed by atoms with Gasteiger partial charge in [0.1, 0.15) is 0 Å². The molecule has 3 unspecified atom stereocenters. The Kier molecular flexibility index (Phi) is 5.18.